The predicted molar refractivity (Wildman–Crippen MR) is 102 cm³/mol. The number of hydrogen-bond donors (Lipinski definition) is 2. The van der Waals surface area contributed by atoms with Crippen LogP contribution in [-0.2, 0) is 0 Å². The van der Waals surface area contributed by atoms with Crippen LogP contribution in [0.5, 0.6) is 0 Å². The van der Waals surface area contributed by atoms with Crippen LogP contribution in [0, 0.1) is 12.8 Å². The number of rotatable bonds is 5. The second kappa shape index (κ2) is 7.12. The van der Waals surface area contributed by atoms with Crippen LogP contribution in [-0.4, -0.2) is 38.4 Å². The molecule has 0 saturated heterocycles. The Hall–Kier alpha value is -3.43. The number of aryl methyl sites for hydroxylation is 1. The van der Waals surface area contributed by atoms with Crippen LogP contribution >= 0.6 is 0 Å². The third-order valence-electron chi connectivity index (χ3n) is 5.07. The molecule has 3 N–H and O–H groups in total. The lowest BCUT2D eigenvalue weighted by Crippen LogP contribution is -2.46. The highest BCUT2D eigenvalue weighted by Crippen LogP contribution is 2.40. The predicted octanol–water partition coefficient (Wildman–Crippen LogP) is 2.87. The molecule has 0 spiro atoms. The normalized spacial score (nSPS) is 15.2. The molecule has 30 heavy (non-hydrogen) atoms. The topological polar surface area (TPSA) is 102 Å². The number of halogens is 3. The van der Waals surface area contributed by atoms with Gasteiger partial charge in [-0.1, -0.05) is 12.1 Å². The third-order valence-corrected chi connectivity index (χ3v) is 5.07. The molecule has 156 valence electrons. The Bertz CT molecular complexity index is 1150. The van der Waals surface area contributed by atoms with Gasteiger partial charge in [0, 0.05) is 17.3 Å². The summed E-state index contributed by atoms with van der Waals surface area (Å²) >= 11 is 0. The number of alkyl halides is 3. The van der Waals surface area contributed by atoms with Crippen molar-refractivity contribution >= 4 is 17.5 Å². The van der Waals surface area contributed by atoms with E-state index in [2.05, 4.69) is 15.3 Å². The van der Waals surface area contributed by atoms with Gasteiger partial charge in [0.05, 0.1) is 5.56 Å². The number of carbonyl (C=O) groups excluding carboxylic acids is 2. The molecule has 10 heteroatoms. The fourth-order valence-corrected chi connectivity index (χ4v) is 3.37. The van der Waals surface area contributed by atoms with Crippen LogP contribution in [0.4, 0.5) is 13.2 Å². The maximum atomic E-state index is 13.3. The van der Waals surface area contributed by atoms with Crippen molar-refractivity contribution in [3.05, 3.63) is 53.5 Å². The third kappa shape index (κ3) is 3.72. The molecule has 1 atom stereocenters. The standard InChI is InChI=1S/C20H18F3N5O2/c1-10-25-17(13-4-2-3-12(9-13)16(24)29)27-18-14(7-8-28(10)18)19(30)26-15(11-5-6-11)20(21,22)23/h2-4,7-9,11,15H,5-6H2,1H3,(H2,24,29)(H,26,30). The van der Waals surface area contributed by atoms with E-state index in [1.807, 2.05) is 0 Å². The van der Waals surface area contributed by atoms with E-state index >= 15 is 0 Å². The number of amides is 2. The maximum Gasteiger partial charge on any atom is 0.408 e. The average Bonchev–Trinajstić information content (AvgIpc) is 3.42. The Kier molecular flexibility index (Phi) is 4.71. The number of nitrogens with two attached hydrogens (primary N) is 1. The van der Waals surface area contributed by atoms with Crippen LogP contribution < -0.4 is 11.1 Å². The van der Waals surface area contributed by atoms with Crippen LogP contribution in [0.2, 0.25) is 0 Å². The van der Waals surface area contributed by atoms with Gasteiger partial charge in [0.15, 0.2) is 11.5 Å². The summed E-state index contributed by atoms with van der Waals surface area (Å²) in [6, 6.07) is 5.89. The van der Waals surface area contributed by atoms with Gasteiger partial charge in [-0.25, -0.2) is 9.97 Å². The zero-order valence-corrected chi connectivity index (χ0v) is 15.9. The molecule has 1 aliphatic rings. The molecule has 1 saturated carbocycles. The zero-order valence-electron chi connectivity index (χ0n) is 15.9. The first-order chi connectivity index (χ1) is 14.1. The van der Waals surface area contributed by atoms with E-state index in [1.54, 1.807) is 25.1 Å². The van der Waals surface area contributed by atoms with Crippen LogP contribution in [0.15, 0.2) is 36.5 Å². The van der Waals surface area contributed by atoms with Crippen molar-refractivity contribution in [3.8, 4) is 11.4 Å². The highest BCUT2D eigenvalue weighted by molar-refractivity contribution is 6.00. The molecule has 1 unspecified atom stereocenters. The van der Waals surface area contributed by atoms with Gasteiger partial charge in [0.1, 0.15) is 11.9 Å². The lowest BCUT2D eigenvalue weighted by atomic mass is 10.1. The quantitative estimate of drug-likeness (QED) is 0.666. The minimum atomic E-state index is -4.52. The summed E-state index contributed by atoms with van der Waals surface area (Å²) in [7, 11) is 0. The Morgan fingerprint density at radius 3 is 2.60 bits per heavy atom. The molecule has 1 fully saturated rings. The number of primary amides is 1. The molecule has 7 nitrogen and oxygen atoms in total. The van der Waals surface area contributed by atoms with Crippen molar-refractivity contribution < 1.29 is 22.8 Å². The monoisotopic (exact) mass is 417 g/mol. The van der Waals surface area contributed by atoms with E-state index in [0.29, 0.717) is 24.2 Å². The van der Waals surface area contributed by atoms with Gasteiger partial charge in [-0.3, -0.25) is 14.0 Å². The highest BCUT2D eigenvalue weighted by atomic mass is 19.4. The van der Waals surface area contributed by atoms with Crippen molar-refractivity contribution in [1.82, 2.24) is 19.7 Å². The lowest BCUT2D eigenvalue weighted by Gasteiger charge is -2.21. The number of fused-ring (bicyclic) bond motifs is 1. The minimum Gasteiger partial charge on any atom is -0.366 e. The number of benzene rings is 1. The van der Waals surface area contributed by atoms with Gasteiger partial charge in [-0.15, -0.1) is 0 Å². The summed E-state index contributed by atoms with van der Waals surface area (Å²) in [5.41, 5.74) is 6.26. The number of carbonyl (C=O) groups is 2. The summed E-state index contributed by atoms with van der Waals surface area (Å²) < 4.78 is 41.4. The summed E-state index contributed by atoms with van der Waals surface area (Å²) in [4.78, 5) is 32.9. The smallest absolute Gasteiger partial charge is 0.366 e. The lowest BCUT2D eigenvalue weighted by molar-refractivity contribution is -0.158. The average molecular weight is 417 g/mol. The van der Waals surface area contributed by atoms with Crippen LogP contribution in [0.1, 0.15) is 39.4 Å². The number of aromatic nitrogens is 3. The molecule has 0 bridgehead atoms. The molecule has 0 aliphatic heterocycles. The largest absolute Gasteiger partial charge is 0.408 e. The Labute approximate surface area is 169 Å². The number of nitrogens with zero attached hydrogens (tertiary/aromatic N) is 3. The molecule has 1 aromatic carbocycles. The van der Waals surface area contributed by atoms with Crippen molar-refractivity contribution in [2.75, 3.05) is 0 Å². The number of nitrogens with one attached hydrogen (secondary N) is 1. The first kappa shape index (κ1) is 19.9. The van der Waals surface area contributed by atoms with Crippen molar-refractivity contribution in [3.63, 3.8) is 0 Å². The Balaban J connectivity index is 1.73. The molecule has 1 aliphatic carbocycles. The Morgan fingerprint density at radius 1 is 1.23 bits per heavy atom. The van der Waals surface area contributed by atoms with Crippen molar-refractivity contribution in [2.45, 2.75) is 32.0 Å². The summed E-state index contributed by atoms with van der Waals surface area (Å²) in [5.74, 6) is -1.35. The van der Waals surface area contributed by atoms with Gasteiger partial charge in [-0.2, -0.15) is 13.2 Å². The second-order valence-electron chi connectivity index (χ2n) is 7.29. The maximum absolute atomic E-state index is 13.3. The summed E-state index contributed by atoms with van der Waals surface area (Å²) in [5, 5.41) is 2.12. The SMILES string of the molecule is Cc1nc(-c2cccc(C(N)=O)c2)nc2c(C(=O)NC(C3CC3)C(F)(F)F)ccn12. The first-order valence-corrected chi connectivity index (χ1v) is 9.28. The molecule has 2 heterocycles. The fraction of sp³-hybridized carbons (Fsp3) is 0.300. The fourth-order valence-electron chi connectivity index (χ4n) is 3.37. The van der Waals surface area contributed by atoms with Crippen LogP contribution in [0.25, 0.3) is 17.0 Å². The first-order valence-electron chi connectivity index (χ1n) is 9.28. The molecular weight excluding hydrogens is 399 g/mol. The van der Waals surface area contributed by atoms with Gasteiger partial charge in [0.2, 0.25) is 5.91 Å². The van der Waals surface area contributed by atoms with Crippen molar-refractivity contribution in [2.24, 2.45) is 11.7 Å². The van der Waals surface area contributed by atoms with E-state index in [-0.39, 0.29) is 22.6 Å². The minimum absolute atomic E-state index is 0.0164. The molecule has 2 aromatic heterocycles. The molecule has 0 radical (unpaired) electrons. The van der Waals surface area contributed by atoms with Gasteiger partial charge in [-0.05, 0) is 43.9 Å². The number of hydrogen-bond acceptors (Lipinski definition) is 4. The van der Waals surface area contributed by atoms with E-state index in [1.165, 1.54) is 22.7 Å². The zero-order chi connectivity index (χ0) is 21.6. The van der Waals surface area contributed by atoms with E-state index in [0.717, 1.165) is 0 Å². The molecular formula is C20H18F3N5O2. The van der Waals surface area contributed by atoms with E-state index < -0.39 is 30.0 Å². The molecule has 4 rings (SSSR count). The Morgan fingerprint density at radius 2 is 1.97 bits per heavy atom. The van der Waals surface area contributed by atoms with Crippen molar-refractivity contribution in [1.29, 1.82) is 0 Å². The van der Waals surface area contributed by atoms with Gasteiger partial charge in [0.25, 0.3) is 5.91 Å². The van der Waals surface area contributed by atoms with E-state index in [4.69, 9.17) is 5.73 Å². The van der Waals surface area contributed by atoms with E-state index in [9.17, 15) is 22.8 Å². The van der Waals surface area contributed by atoms with Gasteiger partial charge < -0.3 is 11.1 Å². The second-order valence-corrected chi connectivity index (χ2v) is 7.29. The molecule has 2 amide bonds. The highest BCUT2D eigenvalue weighted by Gasteiger charge is 2.49. The summed E-state index contributed by atoms with van der Waals surface area (Å²) in [6.45, 7) is 1.68. The summed E-state index contributed by atoms with van der Waals surface area (Å²) in [6.07, 6.45) is -2.12. The van der Waals surface area contributed by atoms with Gasteiger partial charge >= 0.3 is 6.18 Å². The molecule has 3 aromatic rings. The van der Waals surface area contributed by atoms with Crippen LogP contribution in [0.3, 0.4) is 0 Å².